The van der Waals surface area contributed by atoms with Gasteiger partial charge in [-0.15, -0.1) is 0 Å². The Morgan fingerprint density at radius 1 is 0.591 bits per heavy atom. The van der Waals surface area contributed by atoms with Crippen LogP contribution in [0.15, 0.2) is 0 Å². The van der Waals surface area contributed by atoms with E-state index in [2.05, 4.69) is 20.5 Å². The van der Waals surface area contributed by atoms with Gasteiger partial charge in [0.25, 0.3) is 13.8 Å². The van der Waals surface area contributed by atoms with Gasteiger partial charge in [0, 0.05) is 0 Å². The third kappa shape index (κ3) is 28.4. The number of rotatable bonds is 2. The maximum atomic E-state index is 5.25. The quantitative estimate of drug-likeness (QED) is 0.701. The van der Waals surface area contributed by atoms with Crippen LogP contribution in [0.5, 0.6) is 0 Å². The molecule has 0 aliphatic carbocycles. The molecular formula is C12H38B6O4. The van der Waals surface area contributed by atoms with E-state index in [1.54, 1.807) is 0 Å². The molecule has 1 saturated heterocycles. The summed E-state index contributed by atoms with van der Waals surface area (Å²) in [5.41, 5.74) is 0. The second-order valence-electron chi connectivity index (χ2n) is 6.08. The van der Waals surface area contributed by atoms with Gasteiger partial charge in [0.05, 0.1) is 0 Å². The molecule has 0 amide bonds. The van der Waals surface area contributed by atoms with E-state index in [-0.39, 0.29) is 36.2 Å². The Morgan fingerprint density at radius 3 is 0.864 bits per heavy atom. The van der Waals surface area contributed by atoms with E-state index in [1.807, 2.05) is 47.8 Å². The summed E-state index contributed by atoms with van der Waals surface area (Å²) >= 11 is 0. The van der Waals surface area contributed by atoms with Crippen LogP contribution in [0, 0.1) is 0 Å². The first kappa shape index (κ1) is 30.1. The van der Waals surface area contributed by atoms with Gasteiger partial charge in [0.2, 0.25) is 0 Å². The summed E-state index contributed by atoms with van der Waals surface area (Å²) in [6, 6.07) is 0. The lowest BCUT2D eigenvalue weighted by molar-refractivity contribution is 0.294. The smallest absolute Gasteiger partial charge is 0.426 e. The SMILES string of the molecule is C.C.CB(C)C.CB(C)OB(C)C.CB1OB(C)OB(C)O1. The molecule has 1 aliphatic heterocycles. The minimum atomic E-state index is -0.135. The highest BCUT2D eigenvalue weighted by Gasteiger charge is 2.31. The summed E-state index contributed by atoms with van der Waals surface area (Å²) in [5, 5.41) is 0. The van der Waals surface area contributed by atoms with Crippen LogP contribution in [0.25, 0.3) is 0 Å². The Kier molecular flexibility index (Phi) is 24.1. The lowest BCUT2D eigenvalue weighted by atomic mass is 9.58. The largest absolute Gasteiger partial charge is 0.499 e. The van der Waals surface area contributed by atoms with Gasteiger partial charge < -0.3 is 18.3 Å². The predicted molar refractivity (Wildman–Crippen MR) is 111 cm³/mol. The number of hydrogen-bond donors (Lipinski definition) is 0. The van der Waals surface area contributed by atoms with Crippen LogP contribution >= 0.6 is 0 Å². The second-order valence-corrected chi connectivity index (χ2v) is 6.08. The third-order valence-electron chi connectivity index (χ3n) is 1.69. The summed E-state index contributed by atoms with van der Waals surface area (Å²) in [4.78, 5) is 0. The molecule has 1 heterocycles. The van der Waals surface area contributed by atoms with Gasteiger partial charge in [-0.1, -0.05) is 62.6 Å². The third-order valence-corrected chi connectivity index (χ3v) is 1.69. The predicted octanol–water partition coefficient (Wildman–Crippen LogP) is 4.55. The lowest BCUT2D eigenvalue weighted by Gasteiger charge is -2.25. The van der Waals surface area contributed by atoms with Crippen LogP contribution in [0.3, 0.4) is 0 Å². The summed E-state index contributed by atoms with van der Waals surface area (Å²) in [5.74, 6) is 0. The lowest BCUT2D eigenvalue weighted by Crippen LogP contribution is -2.44. The van der Waals surface area contributed by atoms with Crippen molar-refractivity contribution >= 4 is 41.9 Å². The molecule has 0 atom stereocenters. The van der Waals surface area contributed by atoms with Crippen molar-refractivity contribution in [3.05, 3.63) is 0 Å². The molecule has 1 rings (SSSR count). The summed E-state index contributed by atoms with van der Waals surface area (Å²) in [6.45, 7) is 21.8. The molecule has 4 nitrogen and oxygen atoms in total. The van der Waals surface area contributed by atoms with Crippen LogP contribution < -0.4 is 0 Å². The molecule has 0 bridgehead atoms. The van der Waals surface area contributed by atoms with Crippen molar-refractivity contribution in [2.45, 2.75) is 83.1 Å². The van der Waals surface area contributed by atoms with Gasteiger partial charge in [0.1, 0.15) is 6.71 Å². The first-order valence-electron chi connectivity index (χ1n) is 7.66. The fourth-order valence-corrected chi connectivity index (χ4v) is 1.45. The van der Waals surface area contributed by atoms with E-state index in [0.29, 0.717) is 13.8 Å². The average molecular weight is 311 g/mol. The Hall–Kier alpha value is 0.230. The van der Waals surface area contributed by atoms with E-state index in [0.717, 1.165) is 6.71 Å². The normalized spacial score (nSPS) is 12.5. The fraction of sp³-hybridized carbons (Fsp3) is 1.00. The van der Waals surface area contributed by atoms with Gasteiger partial charge in [-0.05, 0) is 20.5 Å². The molecule has 1 aliphatic rings. The first-order valence-corrected chi connectivity index (χ1v) is 7.66. The molecule has 0 unspecified atom stereocenters. The zero-order valence-electron chi connectivity index (χ0n) is 15.1. The maximum absolute atomic E-state index is 5.25. The van der Waals surface area contributed by atoms with Gasteiger partial charge in [-0.2, -0.15) is 0 Å². The molecule has 0 saturated carbocycles. The van der Waals surface area contributed by atoms with E-state index < -0.39 is 0 Å². The molecule has 1 fully saturated rings. The minimum Gasteiger partial charge on any atom is -0.499 e. The Bertz CT molecular complexity index is 188. The Morgan fingerprint density at radius 2 is 0.773 bits per heavy atom. The Labute approximate surface area is 143 Å². The van der Waals surface area contributed by atoms with E-state index >= 15 is 0 Å². The van der Waals surface area contributed by atoms with Crippen LogP contribution in [0.1, 0.15) is 14.9 Å². The van der Waals surface area contributed by atoms with Crippen LogP contribution in [-0.2, 0) is 18.3 Å². The molecule has 10 heteroatoms. The van der Waals surface area contributed by atoms with E-state index in [1.165, 1.54) is 0 Å². The first-order chi connectivity index (χ1) is 9.04. The van der Waals surface area contributed by atoms with Crippen molar-refractivity contribution in [1.29, 1.82) is 0 Å². The molecule has 0 aromatic carbocycles. The van der Waals surface area contributed by atoms with Crippen molar-refractivity contribution in [3.63, 3.8) is 0 Å². The molecule has 0 radical (unpaired) electrons. The average Bonchev–Trinajstić information content (AvgIpc) is 2.11. The highest BCUT2D eigenvalue weighted by Crippen LogP contribution is 2.06. The molecule has 0 aromatic heterocycles. The van der Waals surface area contributed by atoms with Gasteiger partial charge in [-0.3, -0.25) is 0 Å². The highest BCUT2D eigenvalue weighted by molar-refractivity contribution is 6.72. The topological polar surface area (TPSA) is 36.9 Å². The molecule has 0 spiro atoms. The maximum Gasteiger partial charge on any atom is 0.426 e. The molecule has 22 heavy (non-hydrogen) atoms. The van der Waals surface area contributed by atoms with Gasteiger partial charge in [0.15, 0.2) is 0 Å². The molecular weight excluding hydrogens is 273 g/mol. The van der Waals surface area contributed by atoms with Crippen molar-refractivity contribution in [1.82, 2.24) is 0 Å². The standard InChI is InChI=1S/C4H12B2O.C3H9B3O3.C3H9B.2CH4/c1-5(2)7-6(3)4;1-4-7-5(2)9-6(3)8-4;1-4(2)3;;/h1-4H3;1-3H3;1-3H3;2*1H4. The van der Waals surface area contributed by atoms with Gasteiger partial charge >= 0.3 is 21.4 Å². The molecule has 128 valence electrons. The highest BCUT2D eigenvalue weighted by atomic mass is 16.7. The summed E-state index contributed by atoms with van der Waals surface area (Å²) in [7, 11) is -0.406. The van der Waals surface area contributed by atoms with Crippen LogP contribution in [0.4, 0.5) is 0 Å². The minimum absolute atomic E-state index is 0. The van der Waals surface area contributed by atoms with E-state index in [4.69, 9.17) is 18.3 Å². The monoisotopic (exact) mass is 312 g/mol. The molecule has 0 aromatic rings. The van der Waals surface area contributed by atoms with Gasteiger partial charge in [-0.25, -0.2) is 0 Å². The van der Waals surface area contributed by atoms with Crippen LogP contribution in [-0.4, -0.2) is 41.9 Å². The van der Waals surface area contributed by atoms with Crippen molar-refractivity contribution < 1.29 is 18.3 Å². The fourth-order valence-electron chi connectivity index (χ4n) is 1.45. The molecule has 0 N–H and O–H groups in total. The zero-order chi connectivity index (χ0) is 16.3. The number of hydrogen-bond acceptors (Lipinski definition) is 4. The van der Waals surface area contributed by atoms with E-state index in [9.17, 15) is 0 Å². The summed E-state index contributed by atoms with van der Waals surface area (Å²) < 4.78 is 20.6. The zero-order valence-corrected chi connectivity index (χ0v) is 15.1. The van der Waals surface area contributed by atoms with Crippen molar-refractivity contribution in [2.24, 2.45) is 0 Å². The Balaban J connectivity index is -0.000000113. The second kappa shape index (κ2) is 17.6. The van der Waals surface area contributed by atoms with Crippen molar-refractivity contribution in [2.75, 3.05) is 0 Å². The summed E-state index contributed by atoms with van der Waals surface area (Å²) in [6.07, 6.45) is 0. The van der Waals surface area contributed by atoms with Crippen molar-refractivity contribution in [3.8, 4) is 0 Å². The van der Waals surface area contributed by atoms with Crippen LogP contribution in [0.2, 0.25) is 68.2 Å².